The zero-order valence-corrected chi connectivity index (χ0v) is 16.7. The number of hydrogen-bond donors (Lipinski definition) is 2. The molecule has 3 N–H and O–H groups in total. The molecular weight excluding hydrogens is 378 g/mol. The van der Waals surface area contributed by atoms with Crippen LogP contribution in [0.15, 0.2) is 42.9 Å². The van der Waals surface area contributed by atoms with Crippen molar-refractivity contribution in [2.45, 2.75) is 38.3 Å². The molecule has 152 valence electrons. The van der Waals surface area contributed by atoms with Crippen LogP contribution in [0.3, 0.4) is 0 Å². The number of hydrogen-bond acceptors (Lipinski definition) is 6. The number of carbonyl (C=O) groups is 1. The van der Waals surface area contributed by atoms with Crippen molar-refractivity contribution in [1.82, 2.24) is 20.2 Å². The van der Waals surface area contributed by atoms with Crippen molar-refractivity contribution in [3.05, 3.63) is 48.4 Å². The summed E-state index contributed by atoms with van der Waals surface area (Å²) in [5, 5.41) is 3.01. The lowest BCUT2D eigenvalue weighted by atomic mass is 10.0. The van der Waals surface area contributed by atoms with Gasteiger partial charge in [0.1, 0.15) is 5.75 Å². The molecule has 7 nitrogen and oxygen atoms in total. The van der Waals surface area contributed by atoms with Crippen molar-refractivity contribution in [3.63, 3.8) is 0 Å². The molecule has 0 spiro atoms. The van der Waals surface area contributed by atoms with Gasteiger partial charge in [-0.25, -0.2) is 4.98 Å². The maximum Gasteiger partial charge on any atom is 0.237 e. The molecule has 1 saturated heterocycles. The highest BCUT2D eigenvalue weighted by atomic mass is 35.5. The number of nitrogens with one attached hydrogen (secondary N) is 1. The molecule has 0 aliphatic carbocycles. The molecule has 1 aliphatic heterocycles. The molecule has 2 heterocycles. The first-order valence-corrected chi connectivity index (χ1v) is 9.48. The normalized spacial score (nSPS) is 16.8. The van der Waals surface area contributed by atoms with Crippen LogP contribution < -0.4 is 15.8 Å². The zero-order valence-electron chi connectivity index (χ0n) is 15.9. The van der Waals surface area contributed by atoms with Gasteiger partial charge in [-0.15, -0.1) is 12.4 Å². The highest BCUT2D eigenvalue weighted by Crippen LogP contribution is 2.22. The number of nitrogens with two attached hydrogens (primary N) is 1. The number of amides is 1. The van der Waals surface area contributed by atoms with Gasteiger partial charge in [0.05, 0.1) is 6.20 Å². The van der Waals surface area contributed by atoms with Crippen LogP contribution in [0.1, 0.15) is 31.2 Å². The molecule has 1 aliphatic rings. The first kappa shape index (κ1) is 22.1. The van der Waals surface area contributed by atoms with Gasteiger partial charge in [0.2, 0.25) is 11.8 Å². The van der Waals surface area contributed by atoms with E-state index >= 15 is 0 Å². The SMILES string of the molecule is Cl.NCCC(=O)NCC1CCCCN1Cc1ccc(Oc2cnccn2)cc1. The number of halogens is 1. The molecule has 1 atom stereocenters. The molecule has 0 radical (unpaired) electrons. The molecule has 1 unspecified atom stereocenters. The summed E-state index contributed by atoms with van der Waals surface area (Å²) in [5.41, 5.74) is 6.66. The smallest absolute Gasteiger partial charge is 0.237 e. The van der Waals surface area contributed by atoms with Crippen molar-refractivity contribution >= 4 is 18.3 Å². The Morgan fingerprint density at radius 2 is 2.07 bits per heavy atom. The maximum absolute atomic E-state index is 11.7. The minimum Gasteiger partial charge on any atom is -0.438 e. The Kier molecular flexibility index (Phi) is 9.13. The third-order valence-electron chi connectivity index (χ3n) is 4.73. The van der Waals surface area contributed by atoms with Crippen LogP contribution >= 0.6 is 12.4 Å². The minimum atomic E-state index is 0. The fourth-order valence-electron chi connectivity index (χ4n) is 3.31. The van der Waals surface area contributed by atoms with E-state index in [0.717, 1.165) is 25.3 Å². The summed E-state index contributed by atoms with van der Waals surface area (Å²) < 4.78 is 5.69. The molecule has 1 amide bonds. The first-order valence-electron chi connectivity index (χ1n) is 9.48. The Morgan fingerprint density at radius 1 is 1.25 bits per heavy atom. The van der Waals surface area contributed by atoms with Gasteiger partial charge in [-0.1, -0.05) is 18.6 Å². The Bertz CT molecular complexity index is 714. The number of likely N-dealkylation sites (tertiary alicyclic amines) is 1. The van der Waals surface area contributed by atoms with Crippen LogP contribution in [0.2, 0.25) is 0 Å². The van der Waals surface area contributed by atoms with E-state index in [4.69, 9.17) is 10.5 Å². The monoisotopic (exact) mass is 405 g/mol. The molecule has 8 heteroatoms. The van der Waals surface area contributed by atoms with E-state index in [1.54, 1.807) is 18.6 Å². The van der Waals surface area contributed by atoms with Crippen molar-refractivity contribution < 1.29 is 9.53 Å². The van der Waals surface area contributed by atoms with Crippen molar-refractivity contribution in [2.75, 3.05) is 19.6 Å². The third-order valence-corrected chi connectivity index (χ3v) is 4.73. The predicted molar refractivity (Wildman–Crippen MR) is 111 cm³/mol. The summed E-state index contributed by atoms with van der Waals surface area (Å²) in [5.74, 6) is 1.26. The van der Waals surface area contributed by atoms with Crippen molar-refractivity contribution in [3.8, 4) is 11.6 Å². The number of nitrogens with zero attached hydrogens (tertiary/aromatic N) is 3. The van der Waals surface area contributed by atoms with Gasteiger partial charge in [-0.05, 0) is 37.1 Å². The van der Waals surface area contributed by atoms with E-state index in [2.05, 4.69) is 32.3 Å². The largest absolute Gasteiger partial charge is 0.438 e. The summed E-state index contributed by atoms with van der Waals surface area (Å²) >= 11 is 0. The molecule has 3 rings (SSSR count). The summed E-state index contributed by atoms with van der Waals surface area (Å²) in [6, 6.07) is 8.42. The zero-order chi connectivity index (χ0) is 18.9. The average molecular weight is 406 g/mol. The fraction of sp³-hybridized carbons (Fsp3) is 0.450. The van der Waals surface area contributed by atoms with Crippen LogP contribution in [-0.2, 0) is 11.3 Å². The number of rotatable bonds is 8. The lowest BCUT2D eigenvalue weighted by Gasteiger charge is -2.36. The van der Waals surface area contributed by atoms with Gasteiger partial charge in [-0.3, -0.25) is 14.7 Å². The Morgan fingerprint density at radius 3 is 2.79 bits per heavy atom. The molecule has 1 aromatic heterocycles. The van der Waals surface area contributed by atoms with Gasteiger partial charge >= 0.3 is 0 Å². The first-order chi connectivity index (χ1) is 13.2. The van der Waals surface area contributed by atoms with Crippen LogP contribution in [0.4, 0.5) is 0 Å². The van der Waals surface area contributed by atoms with Crippen LogP contribution in [0.25, 0.3) is 0 Å². The van der Waals surface area contributed by atoms with Gasteiger partial charge in [0.15, 0.2) is 0 Å². The van der Waals surface area contributed by atoms with Gasteiger partial charge in [0, 0.05) is 44.5 Å². The number of benzene rings is 1. The summed E-state index contributed by atoms with van der Waals surface area (Å²) in [4.78, 5) is 22.3. The number of carbonyl (C=O) groups excluding carboxylic acids is 1. The van der Waals surface area contributed by atoms with E-state index in [0.29, 0.717) is 31.4 Å². The molecule has 1 fully saturated rings. The Balaban J connectivity index is 0.00000280. The number of aromatic nitrogens is 2. The third kappa shape index (κ3) is 6.74. The van der Waals surface area contributed by atoms with E-state index in [1.807, 2.05) is 12.1 Å². The van der Waals surface area contributed by atoms with E-state index in [9.17, 15) is 4.79 Å². The molecular formula is C20H28ClN5O2. The second-order valence-corrected chi connectivity index (χ2v) is 6.75. The van der Waals surface area contributed by atoms with E-state index < -0.39 is 0 Å². The lowest BCUT2D eigenvalue weighted by Crippen LogP contribution is -2.46. The second-order valence-electron chi connectivity index (χ2n) is 6.75. The quantitative estimate of drug-likeness (QED) is 0.700. The van der Waals surface area contributed by atoms with Gasteiger partial charge < -0.3 is 15.8 Å². The minimum absolute atomic E-state index is 0. The number of ether oxygens (including phenoxy) is 1. The maximum atomic E-state index is 11.7. The molecule has 0 bridgehead atoms. The highest BCUT2D eigenvalue weighted by Gasteiger charge is 2.22. The molecule has 2 aromatic rings. The van der Waals surface area contributed by atoms with Crippen molar-refractivity contribution in [1.29, 1.82) is 0 Å². The van der Waals surface area contributed by atoms with E-state index in [1.165, 1.54) is 18.4 Å². The average Bonchev–Trinajstić information content (AvgIpc) is 2.70. The second kappa shape index (κ2) is 11.6. The van der Waals surface area contributed by atoms with Gasteiger partial charge in [0.25, 0.3) is 0 Å². The lowest BCUT2D eigenvalue weighted by molar-refractivity contribution is -0.121. The Labute approximate surface area is 172 Å². The highest BCUT2D eigenvalue weighted by molar-refractivity contribution is 5.85. The summed E-state index contributed by atoms with van der Waals surface area (Å²) in [6.07, 6.45) is 8.71. The Hall–Kier alpha value is -2.22. The standard InChI is InChI=1S/C20H27N5O2.ClH/c21-9-8-19(26)24-13-17-3-1-2-12-25(17)15-16-4-6-18(7-5-16)27-20-14-22-10-11-23-20;/h4-7,10-11,14,17H,1-3,8-9,12-13,15,21H2,(H,24,26);1H. The molecule has 28 heavy (non-hydrogen) atoms. The van der Waals surface area contributed by atoms with Crippen LogP contribution in [-0.4, -0.2) is 46.5 Å². The van der Waals surface area contributed by atoms with Gasteiger partial charge in [-0.2, -0.15) is 0 Å². The van der Waals surface area contributed by atoms with Crippen molar-refractivity contribution in [2.24, 2.45) is 5.73 Å². The fourth-order valence-corrected chi connectivity index (χ4v) is 3.31. The van der Waals surface area contributed by atoms with E-state index in [-0.39, 0.29) is 18.3 Å². The molecule has 1 aromatic carbocycles. The summed E-state index contributed by atoms with van der Waals surface area (Å²) in [7, 11) is 0. The molecule has 0 saturated carbocycles. The van der Waals surface area contributed by atoms with Crippen LogP contribution in [0, 0.1) is 0 Å². The number of piperidine rings is 1. The summed E-state index contributed by atoms with van der Waals surface area (Å²) in [6.45, 7) is 2.99. The predicted octanol–water partition coefficient (Wildman–Crippen LogP) is 2.51. The van der Waals surface area contributed by atoms with Crippen LogP contribution in [0.5, 0.6) is 11.6 Å². The topological polar surface area (TPSA) is 93.4 Å².